The predicted octanol–water partition coefficient (Wildman–Crippen LogP) is 2.90. The van der Waals surface area contributed by atoms with Crippen LogP contribution in [0.5, 0.6) is 0 Å². The molecule has 25 heavy (non-hydrogen) atoms. The van der Waals surface area contributed by atoms with Crippen LogP contribution in [0.2, 0.25) is 0 Å². The topological polar surface area (TPSA) is 87.7 Å². The Balaban J connectivity index is 1.74. The molecule has 1 heterocycles. The summed E-state index contributed by atoms with van der Waals surface area (Å²) < 4.78 is 0. The minimum absolute atomic E-state index is 0.0136. The Labute approximate surface area is 147 Å². The molecule has 1 amide bonds. The highest BCUT2D eigenvalue weighted by Crippen LogP contribution is 2.29. The van der Waals surface area contributed by atoms with E-state index in [1.807, 2.05) is 38.1 Å². The number of aryl methyl sites for hydroxylation is 1. The minimum Gasteiger partial charge on any atom is -0.347 e. The molecule has 1 aromatic carbocycles. The largest absolute Gasteiger partial charge is 0.347 e. The number of H-pyrrole nitrogens is 1. The zero-order chi connectivity index (χ0) is 17.8. The summed E-state index contributed by atoms with van der Waals surface area (Å²) in [6, 6.07) is 7.30. The number of amides is 1. The molecule has 3 rings (SSSR count). The highest BCUT2D eigenvalue weighted by atomic mass is 16.2. The number of nitrogens with zero attached hydrogens (tertiary/aromatic N) is 2. The predicted molar refractivity (Wildman–Crippen MR) is 96.0 cm³/mol. The number of hydrogen-bond acceptors (Lipinski definition) is 4. The van der Waals surface area contributed by atoms with E-state index in [0.717, 1.165) is 24.0 Å². The van der Waals surface area contributed by atoms with Gasteiger partial charge in [0.2, 0.25) is 5.91 Å². The van der Waals surface area contributed by atoms with E-state index < -0.39 is 6.04 Å². The van der Waals surface area contributed by atoms with E-state index in [0.29, 0.717) is 24.6 Å². The van der Waals surface area contributed by atoms with Crippen LogP contribution in [-0.4, -0.2) is 21.1 Å². The number of rotatable bonds is 6. The molecule has 0 radical (unpaired) electrons. The van der Waals surface area contributed by atoms with Crippen molar-refractivity contribution in [2.45, 2.75) is 52.0 Å². The van der Waals surface area contributed by atoms with Gasteiger partial charge >= 0.3 is 0 Å². The lowest BCUT2D eigenvalue weighted by Crippen LogP contribution is -2.35. The van der Waals surface area contributed by atoms with Gasteiger partial charge in [0.1, 0.15) is 0 Å². The molecular weight excluding hydrogens is 316 g/mol. The van der Waals surface area contributed by atoms with Crippen LogP contribution in [0, 0.1) is 12.8 Å². The first kappa shape index (κ1) is 17.3. The van der Waals surface area contributed by atoms with Gasteiger partial charge < -0.3 is 10.3 Å². The van der Waals surface area contributed by atoms with E-state index in [2.05, 4.69) is 20.5 Å². The summed E-state index contributed by atoms with van der Waals surface area (Å²) in [5, 5.41) is 11.2. The summed E-state index contributed by atoms with van der Waals surface area (Å²) >= 11 is 0. The quantitative estimate of drug-likeness (QED) is 0.846. The van der Waals surface area contributed by atoms with Gasteiger partial charge in [0, 0.05) is 12.0 Å². The van der Waals surface area contributed by atoms with E-state index >= 15 is 0 Å². The Morgan fingerprint density at radius 1 is 1.28 bits per heavy atom. The van der Waals surface area contributed by atoms with E-state index in [1.54, 1.807) is 0 Å². The average Bonchev–Trinajstić information content (AvgIpc) is 2.57. The van der Waals surface area contributed by atoms with Gasteiger partial charge in [-0.3, -0.25) is 9.59 Å². The standard InChI is InChI=1S/C19H24N4O2/c1-3-15(20-16(24)11-13-5-4-6-13)17-19(25)21-18(23-22-17)14-9-7-12(2)8-10-14/h7-10,13,15H,3-6,11H2,1-2H3,(H,20,24)(H,21,23,25). The van der Waals surface area contributed by atoms with Gasteiger partial charge in [0.05, 0.1) is 6.04 Å². The van der Waals surface area contributed by atoms with Gasteiger partial charge in [-0.15, -0.1) is 10.2 Å². The molecule has 0 saturated heterocycles. The molecule has 0 aliphatic heterocycles. The summed E-state index contributed by atoms with van der Waals surface area (Å²) in [6.07, 6.45) is 4.58. The third-order valence-corrected chi connectivity index (χ3v) is 4.82. The lowest BCUT2D eigenvalue weighted by molar-refractivity contribution is -0.123. The second-order valence-electron chi connectivity index (χ2n) is 6.78. The van der Waals surface area contributed by atoms with Crippen LogP contribution >= 0.6 is 0 Å². The molecule has 1 aromatic heterocycles. The fraction of sp³-hybridized carbons (Fsp3) is 0.474. The molecule has 0 bridgehead atoms. The van der Waals surface area contributed by atoms with Crippen LogP contribution in [0.1, 0.15) is 56.3 Å². The first-order valence-electron chi connectivity index (χ1n) is 8.90. The molecule has 6 nitrogen and oxygen atoms in total. The second kappa shape index (κ2) is 7.59. The molecule has 132 valence electrons. The van der Waals surface area contributed by atoms with Gasteiger partial charge in [-0.1, -0.05) is 43.2 Å². The molecule has 2 N–H and O–H groups in total. The Bertz CT molecular complexity index is 794. The lowest BCUT2D eigenvalue weighted by atomic mass is 9.83. The molecule has 6 heteroatoms. The SMILES string of the molecule is CCC(NC(=O)CC1CCC1)c1nnc(-c2ccc(C)cc2)[nH]c1=O. The van der Waals surface area contributed by atoms with Crippen molar-refractivity contribution in [1.29, 1.82) is 0 Å². The van der Waals surface area contributed by atoms with Gasteiger partial charge in [0.15, 0.2) is 11.5 Å². The lowest BCUT2D eigenvalue weighted by Gasteiger charge is -2.25. The van der Waals surface area contributed by atoms with Crippen molar-refractivity contribution in [2.75, 3.05) is 0 Å². The summed E-state index contributed by atoms with van der Waals surface area (Å²) in [6.45, 7) is 3.92. The maximum absolute atomic E-state index is 12.4. The molecule has 1 saturated carbocycles. The summed E-state index contributed by atoms with van der Waals surface area (Å²) in [7, 11) is 0. The maximum Gasteiger partial charge on any atom is 0.275 e. The number of carbonyl (C=O) groups excluding carboxylic acids is 1. The summed E-state index contributed by atoms with van der Waals surface area (Å²) in [5.74, 6) is 0.913. The van der Waals surface area contributed by atoms with Crippen LogP contribution in [0.15, 0.2) is 29.1 Å². The number of nitrogens with one attached hydrogen (secondary N) is 2. The first-order chi connectivity index (χ1) is 12.1. The Hall–Kier alpha value is -2.50. The van der Waals surface area contributed by atoms with Crippen LogP contribution in [0.3, 0.4) is 0 Å². The van der Waals surface area contributed by atoms with Crippen LogP contribution in [0.4, 0.5) is 0 Å². The Morgan fingerprint density at radius 3 is 2.56 bits per heavy atom. The van der Waals surface area contributed by atoms with Crippen molar-refractivity contribution >= 4 is 5.91 Å². The summed E-state index contributed by atoms with van der Waals surface area (Å²) in [5.41, 5.74) is 1.90. The fourth-order valence-electron chi connectivity index (χ4n) is 2.99. The van der Waals surface area contributed by atoms with Gasteiger partial charge in [0.25, 0.3) is 5.56 Å². The van der Waals surface area contributed by atoms with E-state index in [9.17, 15) is 9.59 Å². The number of aromatic nitrogens is 3. The number of benzene rings is 1. The molecule has 0 spiro atoms. The van der Waals surface area contributed by atoms with E-state index in [4.69, 9.17) is 0 Å². The van der Waals surface area contributed by atoms with Crippen molar-refractivity contribution in [2.24, 2.45) is 5.92 Å². The van der Waals surface area contributed by atoms with Crippen LogP contribution in [-0.2, 0) is 4.79 Å². The molecular formula is C19H24N4O2. The number of carbonyl (C=O) groups is 1. The third kappa shape index (κ3) is 4.13. The monoisotopic (exact) mass is 340 g/mol. The summed E-state index contributed by atoms with van der Waals surface area (Å²) in [4.78, 5) is 27.4. The van der Waals surface area contributed by atoms with Crippen molar-refractivity contribution in [3.63, 3.8) is 0 Å². The molecule has 1 unspecified atom stereocenters. The fourth-order valence-corrected chi connectivity index (χ4v) is 2.99. The molecule has 1 fully saturated rings. The van der Waals surface area contributed by atoms with Crippen molar-refractivity contribution in [1.82, 2.24) is 20.5 Å². The molecule has 2 aromatic rings. The van der Waals surface area contributed by atoms with E-state index in [1.165, 1.54) is 6.42 Å². The van der Waals surface area contributed by atoms with Crippen molar-refractivity contribution in [3.8, 4) is 11.4 Å². The zero-order valence-corrected chi connectivity index (χ0v) is 14.7. The Morgan fingerprint density at radius 2 is 2.00 bits per heavy atom. The highest BCUT2D eigenvalue weighted by Gasteiger charge is 2.24. The smallest absolute Gasteiger partial charge is 0.275 e. The number of hydrogen-bond donors (Lipinski definition) is 2. The average molecular weight is 340 g/mol. The maximum atomic E-state index is 12.4. The Kier molecular flexibility index (Phi) is 5.26. The van der Waals surface area contributed by atoms with E-state index in [-0.39, 0.29) is 17.2 Å². The molecule has 1 atom stereocenters. The van der Waals surface area contributed by atoms with Crippen LogP contribution < -0.4 is 10.9 Å². The minimum atomic E-state index is -0.407. The van der Waals surface area contributed by atoms with Gasteiger partial charge in [-0.2, -0.15) is 0 Å². The van der Waals surface area contributed by atoms with Crippen molar-refractivity contribution < 1.29 is 4.79 Å². The van der Waals surface area contributed by atoms with Crippen LogP contribution in [0.25, 0.3) is 11.4 Å². The van der Waals surface area contributed by atoms with Crippen molar-refractivity contribution in [3.05, 3.63) is 45.9 Å². The normalized spacial score (nSPS) is 15.4. The second-order valence-corrected chi connectivity index (χ2v) is 6.78. The van der Waals surface area contributed by atoms with Gasteiger partial charge in [-0.25, -0.2) is 0 Å². The molecule has 1 aliphatic rings. The first-order valence-corrected chi connectivity index (χ1v) is 8.90. The number of aromatic amines is 1. The zero-order valence-electron chi connectivity index (χ0n) is 14.7. The highest BCUT2D eigenvalue weighted by molar-refractivity contribution is 5.76. The third-order valence-electron chi connectivity index (χ3n) is 4.82. The van der Waals surface area contributed by atoms with Gasteiger partial charge in [-0.05, 0) is 32.1 Å². The molecule has 1 aliphatic carbocycles.